The molecule has 2 N–H and O–H groups in total. The van der Waals surface area contributed by atoms with Crippen molar-refractivity contribution in [3.05, 3.63) is 0 Å². The smallest absolute Gasteiger partial charge is 0.357 e. The van der Waals surface area contributed by atoms with Crippen LogP contribution in [0, 0.1) is 0 Å². The minimum atomic E-state index is -4.08. The minimum Gasteiger partial charge on any atom is -0.357 e. The molecule has 0 atom stereocenters. The number of amides is 1. The highest BCUT2D eigenvalue weighted by molar-refractivity contribution is 14.0. The molecule has 1 aliphatic rings. The lowest BCUT2D eigenvalue weighted by molar-refractivity contribution is -0.135. The van der Waals surface area contributed by atoms with Crippen LogP contribution >= 0.6 is 24.0 Å². The zero-order chi connectivity index (χ0) is 17.1. The Hall–Kier alpha value is -0.740. The van der Waals surface area contributed by atoms with Crippen molar-refractivity contribution < 1.29 is 18.0 Å². The summed E-state index contributed by atoms with van der Waals surface area (Å²) in [5.41, 5.74) is 0. The van der Waals surface area contributed by atoms with Gasteiger partial charge in [0.05, 0.1) is 0 Å². The topological polar surface area (TPSA) is 56.7 Å². The van der Waals surface area contributed by atoms with Crippen LogP contribution in [0.4, 0.5) is 13.2 Å². The van der Waals surface area contributed by atoms with Crippen molar-refractivity contribution in [1.82, 2.24) is 15.5 Å². The summed E-state index contributed by atoms with van der Waals surface area (Å²) in [7, 11) is 0. The fraction of sp³-hybridized carbons (Fsp3) is 0.867. The third-order valence-electron chi connectivity index (χ3n) is 3.55. The molecule has 1 rings (SSSR count). The van der Waals surface area contributed by atoms with Crippen LogP contribution in [0.3, 0.4) is 0 Å². The number of alkyl halides is 3. The Balaban J connectivity index is 0.00000529. The highest BCUT2D eigenvalue weighted by atomic mass is 127. The number of nitrogens with one attached hydrogen (secondary N) is 2. The predicted octanol–water partition coefficient (Wildman–Crippen LogP) is 2.90. The SMILES string of the molecule is CCNC(=NCCCN1CCCC1=O)NCCCCC(F)(F)F.I. The molecule has 0 aromatic rings. The molecular weight excluding hydrogens is 436 g/mol. The van der Waals surface area contributed by atoms with Gasteiger partial charge >= 0.3 is 6.18 Å². The van der Waals surface area contributed by atoms with E-state index in [0.29, 0.717) is 45.0 Å². The lowest BCUT2D eigenvalue weighted by Gasteiger charge is -2.15. The molecule has 1 heterocycles. The third kappa shape index (κ3) is 10.9. The number of rotatable bonds is 9. The van der Waals surface area contributed by atoms with Gasteiger partial charge in [-0.2, -0.15) is 13.2 Å². The molecule has 0 bridgehead atoms. The molecule has 1 amide bonds. The minimum absolute atomic E-state index is 0. The number of aliphatic imine (C=N–C) groups is 1. The second kappa shape index (κ2) is 12.6. The Morgan fingerprint density at radius 3 is 2.58 bits per heavy atom. The van der Waals surface area contributed by atoms with Crippen molar-refractivity contribution in [3.8, 4) is 0 Å². The van der Waals surface area contributed by atoms with Crippen molar-refractivity contribution in [1.29, 1.82) is 0 Å². The van der Waals surface area contributed by atoms with E-state index in [4.69, 9.17) is 0 Å². The number of unbranched alkanes of at least 4 members (excludes halogenated alkanes) is 1. The van der Waals surface area contributed by atoms with Crippen LogP contribution in [0.5, 0.6) is 0 Å². The van der Waals surface area contributed by atoms with E-state index >= 15 is 0 Å². The molecular formula is C15H28F3IN4O. The average Bonchev–Trinajstić information content (AvgIpc) is 2.87. The first-order valence-corrected chi connectivity index (χ1v) is 8.29. The van der Waals surface area contributed by atoms with Crippen molar-refractivity contribution in [2.24, 2.45) is 4.99 Å². The zero-order valence-electron chi connectivity index (χ0n) is 14.1. The first kappa shape index (κ1) is 23.3. The van der Waals surface area contributed by atoms with E-state index in [1.807, 2.05) is 11.8 Å². The second-order valence-corrected chi connectivity index (χ2v) is 5.60. The van der Waals surface area contributed by atoms with Crippen molar-refractivity contribution in [2.75, 3.05) is 32.7 Å². The molecule has 5 nitrogen and oxygen atoms in total. The summed E-state index contributed by atoms with van der Waals surface area (Å²) in [6.07, 6.45) is -1.89. The van der Waals surface area contributed by atoms with Gasteiger partial charge in [-0.15, -0.1) is 24.0 Å². The first-order chi connectivity index (χ1) is 10.9. The van der Waals surface area contributed by atoms with Crippen molar-refractivity contribution in [2.45, 2.75) is 51.6 Å². The summed E-state index contributed by atoms with van der Waals surface area (Å²) in [5, 5.41) is 6.10. The Morgan fingerprint density at radius 1 is 1.25 bits per heavy atom. The Morgan fingerprint density at radius 2 is 2.00 bits per heavy atom. The monoisotopic (exact) mass is 464 g/mol. The van der Waals surface area contributed by atoms with Gasteiger partial charge in [0.2, 0.25) is 5.91 Å². The van der Waals surface area contributed by atoms with E-state index in [1.54, 1.807) is 0 Å². The standard InChI is InChI=1S/C15H27F3N4O.HI/c1-2-19-14(20-9-4-3-8-15(16,17)18)21-10-6-12-22-11-5-7-13(22)23;/h2-12H2,1H3,(H2,19,20,21);1H. The largest absolute Gasteiger partial charge is 0.389 e. The van der Waals surface area contributed by atoms with E-state index in [0.717, 1.165) is 19.4 Å². The third-order valence-corrected chi connectivity index (χ3v) is 3.55. The molecule has 9 heteroatoms. The number of nitrogens with zero attached hydrogens (tertiary/aromatic N) is 2. The van der Waals surface area contributed by atoms with Crippen LogP contribution in [0.15, 0.2) is 4.99 Å². The molecule has 24 heavy (non-hydrogen) atoms. The maximum absolute atomic E-state index is 12.0. The highest BCUT2D eigenvalue weighted by Crippen LogP contribution is 2.21. The highest BCUT2D eigenvalue weighted by Gasteiger charge is 2.25. The molecule has 0 saturated carbocycles. The van der Waals surface area contributed by atoms with Gasteiger partial charge in [0.15, 0.2) is 5.96 Å². The summed E-state index contributed by atoms with van der Waals surface area (Å²) >= 11 is 0. The van der Waals surface area contributed by atoms with Gasteiger partial charge in [0, 0.05) is 45.6 Å². The molecule has 142 valence electrons. The Kier molecular flexibility index (Phi) is 12.2. The molecule has 0 spiro atoms. The van der Waals surface area contributed by atoms with Gasteiger partial charge in [-0.25, -0.2) is 0 Å². The van der Waals surface area contributed by atoms with Crippen LogP contribution in [0.2, 0.25) is 0 Å². The zero-order valence-corrected chi connectivity index (χ0v) is 16.5. The Labute approximate surface area is 158 Å². The van der Waals surface area contributed by atoms with E-state index in [9.17, 15) is 18.0 Å². The number of carbonyl (C=O) groups is 1. The van der Waals surface area contributed by atoms with Crippen molar-refractivity contribution in [3.63, 3.8) is 0 Å². The van der Waals surface area contributed by atoms with Crippen LogP contribution in [0.25, 0.3) is 0 Å². The fourth-order valence-corrected chi connectivity index (χ4v) is 2.39. The maximum Gasteiger partial charge on any atom is 0.389 e. The molecule has 0 aromatic heterocycles. The van der Waals surface area contributed by atoms with Crippen LogP contribution in [-0.4, -0.2) is 55.7 Å². The fourth-order valence-electron chi connectivity index (χ4n) is 2.39. The van der Waals surface area contributed by atoms with E-state index in [2.05, 4.69) is 15.6 Å². The summed E-state index contributed by atoms with van der Waals surface area (Å²) in [6, 6.07) is 0. The van der Waals surface area contributed by atoms with Crippen LogP contribution in [-0.2, 0) is 4.79 Å². The van der Waals surface area contributed by atoms with Gasteiger partial charge in [-0.05, 0) is 32.6 Å². The van der Waals surface area contributed by atoms with Crippen LogP contribution in [0.1, 0.15) is 45.4 Å². The number of halogens is 4. The van der Waals surface area contributed by atoms with E-state index in [-0.39, 0.29) is 36.3 Å². The summed E-state index contributed by atoms with van der Waals surface area (Å²) in [6.45, 7) is 5.23. The number of hydrogen-bond acceptors (Lipinski definition) is 2. The predicted molar refractivity (Wildman–Crippen MR) is 99.7 cm³/mol. The number of carbonyl (C=O) groups excluding carboxylic acids is 1. The number of likely N-dealkylation sites (tertiary alicyclic amines) is 1. The quantitative estimate of drug-likeness (QED) is 0.239. The van der Waals surface area contributed by atoms with Gasteiger partial charge in [0.1, 0.15) is 0 Å². The summed E-state index contributed by atoms with van der Waals surface area (Å²) < 4.78 is 36.1. The van der Waals surface area contributed by atoms with E-state index in [1.165, 1.54) is 0 Å². The molecule has 0 aliphatic carbocycles. The first-order valence-electron chi connectivity index (χ1n) is 8.29. The lowest BCUT2D eigenvalue weighted by Crippen LogP contribution is -2.38. The van der Waals surface area contributed by atoms with Gasteiger partial charge in [-0.1, -0.05) is 0 Å². The van der Waals surface area contributed by atoms with Gasteiger partial charge in [0.25, 0.3) is 0 Å². The molecule has 1 aliphatic heterocycles. The maximum atomic E-state index is 12.0. The van der Waals surface area contributed by atoms with Gasteiger partial charge < -0.3 is 15.5 Å². The van der Waals surface area contributed by atoms with E-state index < -0.39 is 12.6 Å². The second-order valence-electron chi connectivity index (χ2n) is 5.60. The Bertz CT molecular complexity index is 391. The molecule has 1 saturated heterocycles. The van der Waals surface area contributed by atoms with Gasteiger partial charge in [-0.3, -0.25) is 9.79 Å². The molecule has 1 fully saturated rings. The molecule has 0 radical (unpaired) electrons. The molecule has 0 unspecified atom stereocenters. The van der Waals surface area contributed by atoms with Crippen molar-refractivity contribution >= 4 is 35.8 Å². The summed E-state index contributed by atoms with van der Waals surface area (Å²) in [4.78, 5) is 17.7. The normalized spacial score (nSPS) is 15.4. The number of guanidine groups is 1. The van der Waals surface area contributed by atoms with Crippen LogP contribution < -0.4 is 10.6 Å². The molecule has 0 aromatic carbocycles. The number of hydrogen-bond donors (Lipinski definition) is 2. The summed E-state index contributed by atoms with van der Waals surface area (Å²) in [5.74, 6) is 0.830. The average molecular weight is 464 g/mol. The lowest BCUT2D eigenvalue weighted by atomic mass is 10.2.